The third-order valence-corrected chi connectivity index (χ3v) is 3.14. The minimum atomic E-state index is -0.434. The summed E-state index contributed by atoms with van der Waals surface area (Å²) in [6.07, 6.45) is 2.90. The number of hydrogen-bond donors (Lipinski definition) is 2. The van der Waals surface area contributed by atoms with E-state index in [9.17, 15) is 4.79 Å². The van der Waals surface area contributed by atoms with Gasteiger partial charge in [-0.2, -0.15) is 0 Å². The van der Waals surface area contributed by atoms with Crippen molar-refractivity contribution in [1.29, 1.82) is 0 Å². The summed E-state index contributed by atoms with van der Waals surface area (Å²) < 4.78 is 0. The summed E-state index contributed by atoms with van der Waals surface area (Å²) >= 11 is 1.72. The summed E-state index contributed by atoms with van der Waals surface area (Å²) in [5.74, 6) is -0.0957. The van der Waals surface area contributed by atoms with Crippen LogP contribution in [0.4, 0.5) is 0 Å². The average molecular weight is 238 g/mol. The molecule has 0 heterocycles. The normalized spacial score (nSPS) is 12.2. The molecule has 1 aromatic carbocycles. The molecule has 1 aromatic rings. The van der Waals surface area contributed by atoms with Gasteiger partial charge in [0.1, 0.15) is 0 Å². The van der Waals surface area contributed by atoms with Crippen molar-refractivity contribution in [2.24, 2.45) is 5.73 Å². The van der Waals surface area contributed by atoms with E-state index in [0.717, 1.165) is 6.42 Å². The van der Waals surface area contributed by atoms with Gasteiger partial charge < -0.3 is 11.1 Å². The minimum absolute atomic E-state index is 0.0957. The Morgan fingerprint density at radius 2 is 2.19 bits per heavy atom. The van der Waals surface area contributed by atoms with Crippen molar-refractivity contribution in [3.63, 3.8) is 0 Å². The van der Waals surface area contributed by atoms with Crippen LogP contribution in [-0.2, 0) is 11.2 Å². The zero-order valence-electron chi connectivity index (χ0n) is 9.69. The lowest BCUT2D eigenvalue weighted by atomic mass is 10.1. The lowest BCUT2D eigenvalue weighted by molar-refractivity contribution is -0.121. The summed E-state index contributed by atoms with van der Waals surface area (Å²) in [5.41, 5.74) is 6.72. The third-order valence-electron chi connectivity index (χ3n) is 2.30. The van der Waals surface area contributed by atoms with E-state index in [1.165, 1.54) is 10.5 Å². The molecule has 16 heavy (non-hydrogen) atoms. The number of nitrogens with one attached hydrogen (secondary N) is 1. The molecule has 0 fully saturated rings. The highest BCUT2D eigenvalue weighted by atomic mass is 32.2. The van der Waals surface area contributed by atoms with Crippen LogP contribution in [0.2, 0.25) is 0 Å². The van der Waals surface area contributed by atoms with Crippen LogP contribution < -0.4 is 11.1 Å². The number of nitrogens with two attached hydrogens (primary N) is 1. The Labute approximate surface area is 101 Å². The van der Waals surface area contributed by atoms with Crippen molar-refractivity contribution >= 4 is 17.7 Å². The van der Waals surface area contributed by atoms with Gasteiger partial charge in [-0.15, -0.1) is 11.8 Å². The predicted molar refractivity (Wildman–Crippen MR) is 68.6 cm³/mol. The van der Waals surface area contributed by atoms with Gasteiger partial charge >= 0.3 is 0 Å². The molecule has 3 N–H and O–H groups in total. The third kappa shape index (κ3) is 3.87. The van der Waals surface area contributed by atoms with Gasteiger partial charge in [-0.05, 0) is 31.2 Å². The molecule has 1 amide bonds. The second kappa shape index (κ2) is 6.55. The van der Waals surface area contributed by atoms with Gasteiger partial charge in [0.15, 0.2) is 0 Å². The van der Waals surface area contributed by atoms with Gasteiger partial charge in [-0.3, -0.25) is 4.79 Å². The zero-order valence-corrected chi connectivity index (χ0v) is 10.5. The molecule has 88 valence electrons. The molecule has 0 aliphatic heterocycles. The standard InChI is InChI=1S/C12H18N2OS/c1-9(13)12(15)14-8-7-10-5-3-4-6-11(10)16-2/h3-6,9H,7-8,13H2,1-2H3,(H,14,15). The first-order valence-electron chi connectivity index (χ1n) is 5.30. The van der Waals surface area contributed by atoms with Gasteiger partial charge in [0.2, 0.25) is 5.91 Å². The summed E-state index contributed by atoms with van der Waals surface area (Å²) in [4.78, 5) is 12.5. The summed E-state index contributed by atoms with van der Waals surface area (Å²) in [6, 6.07) is 7.78. The van der Waals surface area contributed by atoms with Crippen molar-refractivity contribution in [2.75, 3.05) is 12.8 Å². The van der Waals surface area contributed by atoms with E-state index in [4.69, 9.17) is 5.73 Å². The number of thioether (sulfide) groups is 1. The van der Waals surface area contributed by atoms with Gasteiger partial charge in [0, 0.05) is 11.4 Å². The summed E-state index contributed by atoms with van der Waals surface area (Å²) in [7, 11) is 0. The van der Waals surface area contributed by atoms with E-state index in [1.54, 1.807) is 18.7 Å². The van der Waals surface area contributed by atoms with E-state index in [-0.39, 0.29) is 5.91 Å². The average Bonchev–Trinajstić information content (AvgIpc) is 2.29. The summed E-state index contributed by atoms with van der Waals surface area (Å²) in [6.45, 7) is 2.32. The van der Waals surface area contributed by atoms with Gasteiger partial charge in [0.25, 0.3) is 0 Å². The van der Waals surface area contributed by atoms with Crippen molar-refractivity contribution in [3.05, 3.63) is 29.8 Å². The van der Waals surface area contributed by atoms with E-state index >= 15 is 0 Å². The Kier molecular flexibility index (Phi) is 5.35. The molecule has 0 bridgehead atoms. The second-order valence-electron chi connectivity index (χ2n) is 3.64. The fraction of sp³-hybridized carbons (Fsp3) is 0.417. The van der Waals surface area contributed by atoms with Crippen LogP contribution in [0, 0.1) is 0 Å². The zero-order chi connectivity index (χ0) is 12.0. The molecular formula is C12H18N2OS. The molecule has 0 radical (unpaired) electrons. The molecule has 1 unspecified atom stereocenters. The maximum absolute atomic E-state index is 11.2. The van der Waals surface area contributed by atoms with Crippen LogP contribution in [-0.4, -0.2) is 24.7 Å². The van der Waals surface area contributed by atoms with Crippen molar-refractivity contribution in [1.82, 2.24) is 5.32 Å². The topological polar surface area (TPSA) is 55.1 Å². The molecule has 0 aliphatic carbocycles. The fourth-order valence-corrected chi connectivity index (χ4v) is 2.04. The smallest absolute Gasteiger partial charge is 0.236 e. The highest BCUT2D eigenvalue weighted by molar-refractivity contribution is 7.98. The SMILES string of the molecule is CSc1ccccc1CCNC(=O)C(C)N. The molecule has 1 rings (SSSR count). The molecule has 3 nitrogen and oxygen atoms in total. The van der Waals surface area contributed by atoms with Crippen molar-refractivity contribution in [3.8, 4) is 0 Å². The number of carbonyl (C=O) groups is 1. The Morgan fingerprint density at radius 3 is 2.81 bits per heavy atom. The molecule has 0 saturated heterocycles. The Balaban J connectivity index is 2.45. The van der Waals surface area contributed by atoms with Crippen LogP contribution in [0.3, 0.4) is 0 Å². The van der Waals surface area contributed by atoms with E-state index in [2.05, 4.69) is 23.7 Å². The fourth-order valence-electron chi connectivity index (χ4n) is 1.39. The van der Waals surface area contributed by atoms with E-state index < -0.39 is 6.04 Å². The molecule has 0 aromatic heterocycles. The van der Waals surface area contributed by atoms with Crippen LogP contribution in [0.1, 0.15) is 12.5 Å². The molecular weight excluding hydrogens is 220 g/mol. The van der Waals surface area contributed by atoms with Crippen molar-refractivity contribution < 1.29 is 4.79 Å². The van der Waals surface area contributed by atoms with E-state index in [0.29, 0.717) is 6.54 Å². The van der Waals surface area contributed by atoms with Crippen LogP contribution >= 0.6 is 11.8 Å². The van der Waals surface area contributed by atoms with Crippen LogP contribution in [0.25, 0.3) is 0 Å². The maximum Gasteiger partial charge on any atom is 0.236 e. The van der Waals surface area contributed by atoms with Gasteiger partial charge in [-0.1, -0.05) is 18.2 Å². The molecule has 4 heteroatoms. The monoisotopic (exact) mass is 238 g/mol. The Hall–Kier alpha value is -1.00. The van der Waals surface area contributed by atoms with Gasteiger partial charge in [-0.25, -0.2) is 0 Å². The second-order valence-corrected chi connectivity index (χ2v) is 4.49. The largest absolute Gasteiger partial charge is 0.354 e. The number of rotatable bonds is 5. The van der Waals surface area contributed by atoms with Gasteiger partial charge in [0.05, 0.1) is 6.04 Å². The first kappa shape index (κ1) is 13.1. The molecule has 1 atom stereocenters. The maximum atomic E-state index is 11.2. The van der Waals surface area contributed by atoms with E-state index in [1.807, 2.05) is 12.1 Å². The molecule has 0 aliphatic rings. The Morgan fingerprint density at radius 1 is 1.50 bits per heavy atom. The minimum Gasteiger partial charge on any atom is -0.354 e. The highest BCUT2D eigenvalue weighted by Gasteiger charge is 2.06. The van der Waals surface area contributed by atoms with Crippen LogP contribution in [0.15, 0.2) is 29.2 Å². The van der Waals surface area contributed by atoms with Crippen LogP contribution in [0.5, 0.6) is 0 Å². The number of hydrogen-bond acceptors (Lipinski definition) is 3. The lowest BCUT2D eigenvalue weighted by Gasteiger charge is -2.09. The molecule has 0 spiro atoms. The van der Waals surface area contributed by atoms with Crippen molar-refractivity contribution in [2.45, 2.75) is 24.3 Å². The lowest BCUT2D eigenvalue weighted by Crippen LogP contribution is -2.39. The Bertz CT molecular complexity index is 353. The predicted octanol–water partition coefficient (Wildman–Crippen LogP) is 1.41. The first-order valence-corrected chi connectivity index (χ1v) is 6.53. The molecule has 0 saturated carbocycles. The quantitative estimate of drug-likeness (QED) is 0.763. The first-order chi connectivity index (χ1) is 7.65. The number of benzene rings is 1. The number of carbonyl (C=O) groups excluding carboxylic acids is 1. The number of amides is 1. The highest BCUT2D eigenvalue weighted by Crippen LogP contribution is 2.19. The summed E-state index contributed by atoms with van der Waals surface area (Å²) in [5, 5.41) is 2.81.